The van der Waals surface area contributed by atoms with Gasteiger partial charge in [0.2, 0.25) is 6.79 Å². The van der Waals surface area contributed by atoms with Crippen LogP contribution < -0.4 is 9.47 Å². The van der Waals surface area contributed by atoms with Crippen molar-refractivity contribution in [1.29, 1.82) is 0 Å². The number of esters is 1. The molecule has 4 nitrogen and oxygen atoms in total. The number of ether oxygens (including phenoxy) is 3. The van der Waals surface area contributed by atoms with Crippen LogP contribution in [-0.4, -0.2) is 12.8 Å². The molecule has 0 fully saturated rings. The first-order valence-electron chi connectivity index (χ1n) is 6.21. The van der Waals surface area contributed by atoms with Crippen LogP contribution in [0.5, 0.6) is 11.5 Å². The molecule has 2 unspecified atom stereocenters. The van der Waals surface area contributed by atoms with Gasteiger partial charge in [0.05, 0.1) is 5.92 Å². The molecule has 0 aromatic heterocycles. The highest BCUT2D eigenvalue weighted by molar-refractivity contribution is 5.72. The van der Waals surface area contributed by atoms with Crippen molar-refractivity contribution in [3.63, 3.8) is 0 Å². The number of hydrogen-bond donors (Lipinski definition) is 0. The summed E-state index contributed by atoms with van der Waals surface area (Å²) in [6.07, 6.45) is 0.508. The van der Waals surface area contributed by atoms with Crippen molar-refractivity contribution in [3.8, 4) is 11.5 Å². The average molecular weight is 250 g/mol. The van der Waals surface area contributed by atoms with Gasteiger partial charge < -0.3 is 14.2 Å². The number of benzene rings is 1. The molecule has 4 heteroatoms. The van der Waals surface area contributed by atoms with Crippen molar-refractivity contribution < 1.29 is 19.0 Å². The van der Waals surface area contributed by atoms with Gasteiger partial charge in [0, 0.05) is 0 Å². The predicted molar refractivity (Wildman–Crippen MR) is 66.5 cm³/mol. The molecule has 2 atom stereocenters. The normalized spacial score (nSPS) is 16.2. The first-order valence-corrected chi connectivity index (χ1v) is 6.21. The molecule has 0 amide bonds. The Kier molecular flexibility index (Phi) is 3.75. The van der Waals surface area contributed by atoms with Crippen LogP contribution in [0.25, 0.3) is 0 Å². The number of hydrogen-bond acceptors (Lipinski definition) is 4. The maximum Gasteiger partial charge on any atom is 0.309 e. The second kappa shape index (κ2) is 5.29. The van der Waals surface area contributed by atoms with E-state index in [1.54, 1.807) is 0 Å². The van der Waals surface area contributed by atoms with Crippen molar-refractivity contribution in [2.24, 2.45) is 5.92 Å². The Balaban J connectivity index is 2.05. The largest absolute Gasteiger partial charge is 0.458 e. The van der Waals surface area contributed by atoms with Crippen LogP contribution in [-0.2, 0) is 9.53 Å². The van der Waals surface area contributed by atoms with Crippen molar-refractivity contribution in [2.45, 2.75) is 33.3 Å². The molecule has 1 aliphatic rings. The fourth-order valence-electron chi connectivity index (χ4n) is 1.69. The van der Waals surface area contributed by atoms with Crippen LogP contribution in [0.15, 0.2) is 18.2 Å². The van der Waals surface area contributed by atoms with Gasteiger partial charge in [0.15, 0.2) is 11.5 Å². The SMILES string of the molecule is CCC(C)C(=O)OC(C)c1ccc2c(c1)OCO2. The standard InChI is InChI=1S/C14H18O4/c1-4-9(2)14(15)18-10(3)11-5-6-12-13(7-11)17-8-16-12/h5-7,9-10H,4,8H2,1-3H3. The van der Waals surface area contributed by atoms with Crippen LogP contribution in [0.1, 0.15) is 38.9 Å². The fourth-order valence-corrected chi connectivity index (χ4v) is 1.69. The van der Waals surface area contributed by atoms with E-state index in [1.165, 1.54) is 0 Å². The summed E-state index contributed by atoms with van der Waals surface area (Å²) < 4.78 is 16.0. The number of carbonyl (C=O) groups excluding carboxylic acids is 1. The van der Waals surface area contributed by atoms with E-state index in [0.717, 1.165) is 17.7 Å². The minimum Gasteiger partial charge on any atom is -0.458 e. The lowest BCUT2D eigenvalue weighted by atomic mass is 10.1. The van der Waals surface area contributed by atoms with Gasteiger partial charge in [-0.25, -0.2) is 0 Å². The zero-order valence-corrected chi connectivity index (χ0v) is 10.9. The van der Waals surface area contributed by atoms with Crippen LogP contribution >= 0.6 is 0 Å². The molecule has 0 spiro atoms. The highest BCUT2D eigenvalue weighted by Crippen LogP contribution is 2.34. The van der Waals surface area contributed by atoms with Crippen molar-refractivity contribution in [3.05, 3.63) is 23.8 Å². The topological polar surface area (TPSA) is 44.8 Å². The number of fused-ring (bicyclic) bond motifs is 1. The highest BCUT2D eigenvalue weighted by Gasteiger charge is 2.19. The molecule has 1 aromatic carbocycles. The second-order valence-electron chi connectivity index (χ2n) is 4.50. The number of carbonyl (C=O) groups is 1. The Morgan fingerprint density at radius 3 is 2.78 bits per heavy atom. The fraction of sp³-hybridized carbons (Fsp3) is 0.500. The lowest BCUT2D eigenvalue weighted by Gasteiger charge is -2.16. The van der Waals surface area contributed by atoms with Crippen LogP contribution in [0.2, 0.25) is 0 Å². The van der Waals surface area contributed by atoms with Crippen molar-refractivity contribution >= 4 is 5.97 Å². The van der Waals surface area contributed by atoms with Gasteiger partial charge in [-0.15, -0.1) is 0 Å². The summed E-state index contributed by atoms with van der Waals surface area (Å²) in [5, 5.41) is 0. The van der Waals surface area contributed by atoms with E-state index in [-0.39, 0.29) is 24.8 Å². The Morgan fingerprint density at radius 2 is 2.06 bits per heavy atom. The smallest absolute Gasteiger partial charge is 0.309 e. The molecule has 1 aliphatic heterocycles. The Hall–Kier alpha value is -1.71. The molecular weight excluding hydrogens is 232 g/mol. The first-order chi connectivity index (χ1) is 8.61. The Labute approximate surface area is 107 Å². The van der Waals surface area contributed by atoms with E-state index >= 15 is 0 Å². The molecule has 0 aliphatic carbocycles. The molecule has 0 saturated heterocycles. The first kappa shape index (κ1) is 12.7. The van der Waals surface area contributed by atoms with Gasteiger partial charge in [-0.2, -0.15) is 0 Å². The quantitative estimate of drug-likeness (QED) is 0.770. The van der Waals surface area contributed by atoms with Gasteiger partial charge >= 0.3 is 5.97 Å². The molecule has 98 valence electrons. The molecule has 2 rings (SSSR count). The summed E-state index contributed by atoms with van der Waals surface area (Å²) in [5.41, 5.74) is 0.913. The lowest BCUT2D eigenvalue weighted by molar-refractivity contribution is -0.153. The minimum atomic E-state index is -0.277. The highest BCUT2D eigenvalue weighted by atomic mass is 16.7. The molecule has 0 radical (unpaired) electrons. The summed E-state index contributed by atoms with van der Waals surface area (Å²) in [5.74, 6) is 1.21. The zero-order valence-electron chi connectivity index (χ0n) is 10.9. The average Bonchev–Trinajstić information content (AvgIpc) is 2.84. The summed E-state index contributed by atoms with van der Waals surface area (Å²) in [6.45, 7) is 5.95. The van der Waals surface area contributed by atoms with Crippen LogP contribution in [0.3, 0.4) is 0 Å². The van der Waals surface area contributed by atoms with Gasteiger partial charge in [-0.1, -0.05) is 19.9 Å². The molecule has 1 heterocycles. The minimum absolute atomic E-state index is 0.0681. The summed E-state index contributed by atoms with van der Waals surface area (Å²) >= 11 is 0. The Bertz CT molecular complexity index is 441. The monoisotopic (exact) mass is 250 g/mol. The van der Waals surface area contributed by atoms with E-state index in [4.69, 9.17) is 14.2 Å². The van der Waals surface area contributed by atoms with E-state index in [0.29, 0.717) is 5.75 Å². The van der Waals surface area contributed by atoms with Crippen molar-refractivity contribution in [2.75, 3.05) is 6.79 Å². The summed E-state index contributed by atoms with van der Waals surface area (Å²) in [4.78, 5) is 11.7. The predicted octanol–water partition coefficient (Wildman–Crippen LogP) is 3.07. The third-order valence-corrected chi connectivity index (χ3v) is 3.17. The van der Waals surface area contributed by atoms with Gasteiger partial charge in [0.25, 0.3) is 0 Å². The molecule has 18 heavy (non-hydrogen) atoms. The third-order valence-electron chi connectivity index (χ3n) is 3.17. The molecule has 1 aromatic rings. The van der Waals surface area contributed by atoms with Crippen LogP contribution in [0.4, 0.5) is 0 Å². The van der Waals surface area contributed by atoms with Gasteiger partial charge in [0.1, 0.15) is 6.10 Å². The number of rotatable bonds is 4. The van der Waals surface area contributed by atoms with E-state index in [1.807, 2.05) is 39.0 Å². The maximum absolute atomic E-state index is 11.7. The third kappa shape index (κ3) is 2.58. The Morgan fingerprint density at radius 1 is 1.33 bits per heavy atom. The lowest BCUT2D eigenvalue weighted by Crippen LogP contribution is -2.16. The second-order valence-corrected chi connectivity index (χ2v) is 4.50. The molecule has 0 saturated carbocycles. The maximum atomic E-state index is 11.7. The molecule has 0 bridgehead atoms. The van der Waals surface area contributed by atoms with E-state index in [9.17, 15) is 4.79 Å². The molecule has 0 N–H and O–H groups in total. The van der Waals surface area contributed by atoms with Crippen molar-refractivity contribution in [1.82, 2.24) is 0 Å². The van der Waals surface area contributed by atoms with Crippen LogP contribution in [0, 0.1) is 5.92 Å². The molecular formula is C14H18O4. The zero-order chi connectivity index (χ0) is 13.1. The van der Waals surface area contributed by atoms with E-state index in [2.05, 4.69) is 0 Å². The van der Waals surface area contributed by atoms with Gasteiger partial charge in [-0.3, -0.25) is 4.79 Å². The summed E-state index contributed by atoms with van der Waals surface area (Å²) in [6, 6.07) is 5.59. The summed E-state index contributed by atoms with van der Waals surface area (Å²) in [7, 11) is 0. The van der Waals surface area contributed by atoms with Gasteiger partial charge in [-0.05, 0) is 31.0 Å². The van der Waals surface area contributed by atoms with E-state index < -0.39 is 0 Å².